The van der Waals surface area contributed by atoms with E-state index in [1.807, 2.05) is 18.2 Å². The predicted octanol–water partition coefficient (Wildman–Crippen LogP) is 4.56. The zero-order chi connectivity index (χ0) is 23.9. The Kier molecular flexibility index (Phi) is 6.26. The molecule has 0 fully saturated rings. The fourth-order valence-corrected chi connectivity index (χ4v) is 7.53. The van der Waals surface area contributed by atoms with Crippen molar-refractivity contribution in [3.63, 3.8) is 0 Å². The van der Waals surface area contributed by atoms with Gasteiger partial charge in [0.2, 0.25) is 10.0 Å². The van der Waals surface area contributed by atoms with Crippen molar-refractivity contribution in [1.82, 2.24) is 14.6 Å². The summed E-state index contributed by atoms with van der Waals surface area (Å²) in [5, 5.41) is 4.78. The standard InChI is InChI=1S/C24H24N4O3S3/c1-3-25-34(30,31)16-10-8-15(9-11-16)22(29)27-24-21(17-12-13-28(2)14-20(17)33-24)23-26-18-6-4-5-7-19(18)32-23/h4-11,25H,3,12-14H2,1-2H3,(H,27,29). The second-order valence-corrected chi connectivity index (χ2v) is 12.1. The molecule has 0 saturated carbocycles. The third kappa shape index (κ3) is 4.39. The summed E-state index contributed by atoms with van der Waals surface area (Å²) in [6.45, 7) is 3.82. The molecule has 0 radical (unpaired) electrons. The van der Waals surface area contributed by atoms with Gasteiger partial charge >= 0.3 is 0 Å². The number of anilines is 1. The van der Waals surface area contributed by atoms with Crippen LogP contribution in [0.3, 0.4) is 0 Å². The van der Waals surface area contributed by atoms with Crippen molar-refractivity contribution in [2.24, 2.45) is 0 Å². The van der Waals surface area contributed by atoms with Gasteiger partial charge in [-0.1, -0.05) is 19.1 Å². The molecule has 1 amide bonds. The first-order valence-corrected chi connectivity index (χ1v) is 14.1. The highest BCUT2D eigenvalue weighted by molar-refractivity contribution is 7.89. The molecule has 4 aromatic rings. The molecule has 34 heavy (non-hydrogen) atoms. The van der Waals surface area contributed by atoms with Crippen molar-refractivity contribution in [2.45, 2.75) is 24.8 Å². The summed E-state index contributed by atoms with van der Waals surface area (Å²) >= 11 is 3.23. The van der Waals surface area contributed by atoms with Gasteiger partial charge in [-0.25, -0.2) is 18.1 Å². The molecular weight excluding hydrogens is 488 g/mol. The number of fused-ring (bicyclic) bond motifs is 2. The van der Waals surface area contributed by atoms with Crippen LogP contribution in [0.25, 0.3) is 20.8 Å². The Morgan fingerprint density at radius 1 is 1.12 bits per heavy atom. The molecule has 3 heterocycles. The molecule has 0 spiro atoms. The molecule has 1 aliphatic rings. The van der Waals surface area contributed by atoms with Gasteiger partial charge in [-0.2, -0.15) is 0 Å². The maximum Gasteiger partial charge on any atom is 0.256 e. The number of nitrogens with one attached hydrogen (secondary N) is 2. The highest BCUT2D eigenvalue weighted by Crippen LogP contribution is 2.45. The summed E-state index contributed by atoms with van der Waals surface area (Å²) in [6.07, 6.45) is 0.903. The molecular formula is C24H24N4O3S3. The average Bonchev–Trinajstić information content (AvgIpc) is 3.39. The van der Waals surface area contributed by atoms with Gasteiger partial charge in [0.25, 0.3) is 5.91 Å². The Morgan fingerprint density at radius 2 is 1.88 bits per heavy atom. The number of hydrogen-bond acceptors (Lipinski definition) is 7. The Morgan fingerprint density at radius 3 is 2.62 bits per heavy atom. The van der Waals surface area contributed by atoms with Gasteiger partial charge in [-0.15, -0.1) is 22.7 Å². The summed E-state index contributed by atoms with van der Waals surface area (Å²) in [7, 11) is -1.47. The number of amides is 1. The lowest BCUT2D eigenvalue weighted by molar-refractivity contribution is 0.102. The molecule has 5 rings (SSSR count). The summed E-state index contributed by atoms with van der Waals surface area (Å²) < 4.78 is 28.0. The number of carbonyl (C=O) groups excluding carboxylic acids is 1. The maximum atomic E-state index is 13.1. The lowest BCUT2D eigenvalue weighted by Crippen LogP contribution is -2.25. The first-order valence-electron chi connectivity index (χ1n) is 11.0. The molecule has 176 valence electrons. The van der Waals surface area contributed by atoms with Gasteiger partial charge in [0, 0.05) is 35.6 Å². The van der Waals surface area contributed by atoms with Crippen LogP contribution in [0.15, 0.2) is 53.4 Å². The lowest BCUT2D eigenvalue weighted by atomic mass is 10.0. The third-order valence-electron chi connectivity index (χ3n) is 5.74. The highest BCUT2D eigenvalue weighted by Gasteiger charge is 2.27. The number of carbonyl (C=O) groups is 1. The predicted molar refractivity (Wildman–Crippen MR) is 138 cm³/mol. The topological polar surface area (TPSA) is 91.4 Å². The number of thiazole rings is 1. The van der Waals surface area contributed by atoms with Crippen LogP contribution in [-0.4, -0.2) is 44.3 Å². The van der Waals surface area contributed by atoms with Crippen LogP contribution in [0, 0.1) is 0 Å². The molecule has 1 aliphatic heterocycles. The van der Waals surface area contributed by atoms with E-state index in [2.05, 4.69) is 28.1 Å². The Balaban J connectivity index is 1.49. The first kappa shape index (κ1) is 23.1. The van der Waals surface area contributed by atoms with Crippen molar-refractivity contribution in [1.29, 1.82) is 0 Å². The summed E-state index contributed by atoms with van der Waals surface area (Å²) in [6, 6.07) is 14.0. The van der Waals surface area contributed by atoms with Gasteiger partial charge in [-0.3, -0.25) is 4.79 Å². The highest BCUT2D eigenvalue weighted by atomic mass is 32.2. The quantitative estimate of drug-likeness (QED) is 0.395. The Bertz CT molecular complexity index is 1440. The van der Waals surface area contributed by atoms with Gasteiger partial charge in [-0.05, 0) is 55.4 Å². The fourth-order valence-electron chi connectivity index (χ4n) is 4.06. The number of likely N-dealkylation sites (N-methyl/N-ethyl adjacent to an activating group) is 1. The van der Waals surface area contributed by atoms with E-state index in [0.717, 1.165) is 45.3 Å². The number of thiophene rings is 1. The van der Waals surface area contributed by atoms with E-state index >= 15 is 0 Å². The molecule has 2 N–H and O–H groups in total. The van der Waals surface area contributed by atoms with Gasteiger partial charge in [0.15, 0.2) is 0 Å². The first-order chi connectivity index (χ1) is 16.4. The fraction of sp³-hybridized carbons (Fsp3) is 0.250. The SMILES string of the molecule is CCNS(=O)(=O)c1ccc(C(=O)Nc2sc3c(c2-c2nc4ccccc4s2)CCN(C)C3)cc1. The van der Waals surface area contributed by atoms with E-state index in [0.29, 0.717) is 12.1 Å². The second-order valence-electron chi connectivity index (χ2n) is 8.16. The van der Waals surface area contributed by atoms with E-state index in [1.54, 1.807) is 29.6 Å². The van der Waals surface area contributed by atoms with E-state index in [-0.39, 0.29) is 10.8 Å². The Labute approximate surface area is 206 Å². The molecule has 2 aromatic carbocycles. The van der Waals surface area contributed by atoms with Crippen LogP contribution in [0.5, 0.6) is 0 Å². The second kappa shape index (κ2) is 9.20. The van der Waals surface area contributed by atoms with Crippen LogP contribution in [-0.2, 0) is 23.0 Å². The molecule has 0 saturated heterocycles. The zero-order valence-corrected chi connectivity index (χ0v) is 21.2. The van der Waals surface area contributed by atoms with Crippen molar-refractivity contribution >= 4 is 53.8 Å². The molecule has 10 heteroatoms. The molecule has 0 atom stereocenters. The molecule has 7 nitrogen and oxygen atoms in total. The number of sulfonamides is 1. The minimum Gasteiger partial charge on any atom is -0.313 e. The van der Waals surface area contributed by atoms with Gasteiger partial charge in [0.1, 0.15) is 10.0 Å². The molecule has 0 bridgehead atoms. The maximum absolute atomic E-state index is 13.1. The number of aromatic nitrogens is 1. The van der Waals surface area contributed by atoms with E-state index in [9.17, 15) is 13.2 Å². The number of nitrogens with zero attached hydrogens (tertiary/aromatic N) is 2. The van der Waals surface area contributed by atoms with Crippen molar-refractivity contribution < 1.29 is 13.2 Å². The van der Waals surface area contributed by atoms with E-state index in [4.69, 9.17) is 4.98 Å². The van der Waals surface area contributed by atoms with Crippen molar-refractivity contribution in [3.05, 3.63) is 64.5 Å². The number of benzene rings is 2. The van der Waals surface area contributed by atoms with E-state index < -0.39 is 10.0 Å². The number of para-hydroxylation sites is 1. The van der Waals surface area contributed by atoms with Crippen LogP contribution in [0.4, 0.5) is 5.00 Å². The summed E-state index contributed by atoms with van der Waals surface area (Å²) in [5.41, 5.74) is 3.61. The monoisotopic (exact) mass is 512 g/mol. The van der Waals surface area contributed by atoms with Crippen LogP contribution >= 0.6 is 22.7 Å². The molecule has 2 aromatic heterocycles. The molecule has 0 unspecified atom stereocenters. The smallest absolute Gasteiger partial charge is 0.256 e. The summed E-state index contributed by atoms with van der Waals surface area (Å²) in [5.74, 6) is -0.276. The van der Waals surface area contributed by atoms with Crippen LogP contribution in [0.1, 0.15) is 27.7 Å². The van der Waals surface area contributed by atoms with Gasteiger partial charge < -0.3 is 10.2 Å². The normalized spacial score (nSPS) is 14.3. The van der Waals surface area contributed by atoms with Crippen LogP contribution < -0.4 is 10.0 Å². The minimum atomic E-state index is -3.57. The lowest BCUT2D eigenvalue weighted by Gasteiger charge is -2.22. The third-order valence-corrected chi connectivity index (χ3v) is 9.49. The number of hydrogen-bond donors (Lipinski definition) is 2. The average molecular weight is 513 g/mol. The van der Waals surface area contributed by atoms with Crippen LogP contribution in [0.2, 0.25) is 0 Å². The Hall–Kier alpha value is -2.63. The number of rotatable bonds is 6. The largest absolute Gasteiger partial charge is 0.313 e. The zero-order valence-electron chi connectivity index (χ0n) is 18.8. The van der Waals surface area contributed by atoms with Crippen molar-refractivity contribution in [3.8, 4) is 10.6 Å². The minimum absolute atomic E-state index is 0.135. The van der Waals surface area contributed by atoms with E-state index in [1.165, 1.54) is 34.7 Å². The van der Waals surface area contributed by atoms with Gasteiger partial charge in [0.05, 0.1) is 15.1 Å². The summed E-state index contributed by atoms with van der Waals surface area (Å²) in [4.78, 5) is 21.7. The molecule has 0 aliphatic carbocycles. The van der Waals surface area contributed by atoms with Crippen molar-refractivity contribution in [2.75, 3.05) is 25.5 Å².